The second-order valence-corrected chi connectivity index (χ2v) is 7.39. The van der Waals surface area contributed by atoms with Gasteiger partial charge in [-0.25, -0.2) is 0 Å². The first-order chi connectivity index (χ1) is 13.2. The van der Waals surface area contributed by atoms with Gasteiger partial charge in [0.2, 0.25) is 0 Å². The summed E-state index contributed by atoms with van der Waals surface area (Å²) in [5.74, 6) is 0.179. The monoisotopic (exact) mass is 355 g/mol. The van der Waals surface area contributed by atoms with Crippen LogP contribution in [0.25, 0.3) is 16.7 Å². The normalized spacial score (nSPS) is 19.1. The summed E-state index contributed by atoms with van der Waals surface area (Å²) in [6.07, 6.45) is 11.2. The minimum absolute atomic E-state index is 0.179. The third-order valence-electron chi connectivity index (χ3n) is 5.66. The Morgan fingerprint density at radius 2 is 2.15 bits per heavy atom. The Morgan fingerprint density at radius 1 is 1.22 bits per heavy atom. The van der Waals surface area contributed by atoms with Gasteiger partial charge >= 0.3 is 0 Å². The minimum Gasteiger partial charge on any atom is -0.383 e. The van der Waals surface area contributed by atoms with Crippen LogP contribution in [-0.4, -0.2) is 23.0 Å². The van der Waals surface area contributed by atoms with Crippen molar-refractivity contribution in [3.8, 4) is 11.1 Å². The van der Waals surface area contributed by atoms with Gasteiger partial charge in [0.25, 0.3) is 0 Å². The van der Waals surface area contributed by atoms with Crippen molar-refractivity contribution in [2.45, 2.75) is 32.6 Å². The summed E-state index contributed by atoms with van der Waals surface area (Å²) in [4.78, 5) is 21.6. The van der Waals surface area contributed by atoms with Crippen molar-refractivity contribution in [3.05, 3.63) is 65.1 Å². The molecule has 2 aromatic rings. The fourth-order valence-corrected chi connectivity index (χ4v) is 4.20. The Kier molecular flexibility index (Phi) is 3.78. The molecule has 1 aromatic carbocycles. The molecule has 0 spiro atoms. The molecule has 4 heteroatoms. The first kappa shape index (κ1) is 16.2. The molecule has 3 heterocycles. The maximum atomic E-state index is 12.6. The maximum absolute atomic E-state index is 12.6. The van der Waals surface area contributed by atoms with Gasteiger partial charge in [0.05, 0.1) is 11.4 Å². The van der Waals surface area contributed by atoms with Gasteiger partial charge in [-0.3, -0.25) is 14.8 Å². The highest BCUT2D eigenvalue weighted by Gasteiger charge is 2.26. The number of aryl methyl sites for hydroxylation is 1. The van der Waals surface area contributed by atoms with E-state index in [0.29, 0.717) is 6.42 Å². The molecular formula is C23H21N3O. The van der Waals surface area contributed by atoms with Crippen LogP contribution < -0.4 is 5.32 Å². The highest BCUT2D eigenvalue weighted by Crippen LogP contribution is 2.37. The molecule has 2 aliphatic heterocycles. The van der Waals surface area contributed by atoms with Gasteiger partial charge in [-0.15, -0.1) is 0 Å². The zero-order valence-electron chi connectivity index (χ0n) is 15.4. The third kappa shape index (κ3) is 2.72. The molecule has 5 rings (SSSR count). The molecule has 0 radical (unpaired) electrons. The number of Topliss-reactive ketones (excluding diaryl/α,β-unsaturated/α-hetero) is 1. The van der Waals surface area contributed by atoms with Crippen molar-refractivity contribution in [2.75, 3.05) is 11.9 Å². The largest absolute Gasteiger partial charge is 0.383 e. The Balaban J connectivity index is 1.59. The van der Waals surface area contributed by atoms with E-state index in [1.165, 1.54) is 11.3 Å². The number of aromatic nitrogens is 1. The van der Waals surface area contributed by atoms with Crippen molar-refractivity contribution in [1.29, 1.82) is 0 Å². The van der Waals surface area contributed by atoms with E-state index in [4.69, 9.17) is 4.98 Å². The van der Waals surface area contributed by atoms with Gasteiger partial charge in [-0.05, 0) is 54.2 Å². The van der Waals surface area contributed by atoms with Crippen molar-refractivity contribution in [1.82, 2.24) is 4.98 Å². The standard InChI is InChI=1S/C23H21N3O/c1-14-20(13-26-21-5-3-9-25-23(14)21)15-6-7-16-11-22(27)19(18(16)10-15)12-17-4-2-8-24-17/h2,6-8,10,12-13,25H,3-5,9,11H2,1H3/b19-12-. The number of carbonyl (C=O) groups is 1. The van der Waals surface area contributed by atoms with Crippen LogP contribution in [0, 0.1) is 6.92 Å². The van der Waals surface area contributed by atoms with Crippen LogP contribution in [0.15, 0.2) is 47.7 Å². The SMILES string of the molecule is Cc1c(-c2ccc3c(c2)/C(=C/C2=NC=CC2)C(=O)C3)cnc2c1NCCC2. The van der Waals surface area contributed by atoms with E-state index in [-0.39, 0.29) is 5.78 Å². The van der Waals surface area contributed by atoms with Crippen LogP contribution in [0.1, 0.15) is 35.2 Å². The van der Waals surface area contributed by atoms with Gasteiger partial charge < -0.3 is 5.32 Å². The van der Waals surface area contributed by atoms with E-state index in [1.54, 1.807) is 6.20 Å². The number of hydrogen-bond donors (Lipinski definition) is 1. The van der Waals surface area contributed by atoms with Crippen molar-refractivity contribution in [3.63, 3.8) is 0 Å². The van der Waals surface area contributed by atoms with Gasteiger partial charge in [0.15, 0.2) is 5.78 Å². The number of benzene rings is 1. The molecule has 1 aliphatic carbocycles. The first-order valence-corrected chi connectivity index (χ1v) is 9.53. The number of aliphatic imine (C=N–C) groups is 1. The summed E-state index contributed by atoms with van der Waals surface area (Å²) in [6, 6.07) is 6.35. The number of anilines is 1. The smallest absolute Gasteiger partial charge is 0.167 e. The quantitative estimate of drug-likeness (QED) is 0.818. The van der Waals surface area contributed by atoms with Crippen LogP contribution >= 0.6 is 0 Å². The number of pyridine rings is 1. The molecule has 0 atom stereocenters. The van der Waals surface area contributed by atoms with Gasteiger partial charge in [-0.1, -0.05) is 18.2 Å². The minimum atomic E-state index is 0.179. The van der Waals surface area contributed by atoms with E-state index in [0.717, 1.165) is 65.0 Å². The molecule has 3 aliphatic rings. The second-order valence-electron chi connectivity index (χ2n) is 7.39. The lowest BCUT2D eigenvalue weighted by atomic mass is 9.94. The topological polar surface area (TPSA) is 54.4 Å². The number of hydrogen-bond acceptors (Lipinski definition) is 4. The maximum Gasteiger partial charge on any atom is 0.167 e. The number of nitrogens with zero attached hydrogens (tertiary/aromatic N) is 2. The first-order valence-electron chi connectivity index (χ1n) is 9.53. The molecular weight excluding hydrogens is 334 g/mol. The second kappa shape index (κ2) is 6.31. The average Bonchev–Trinajstić information content (AvgIpc) is 3.31. The Hall–Kier alpha value is -3.01. The van der Waals surface area contributed by atoms with Crippen LogP contribution in [0.3, 0.4) is 0 Å². The zero-order valence-corrected chi connectivity index (χ0v) is 15.4. The fraction of sp³-hybridized carbons (Fsp3) is 0.261. The van der Waals surface area contributed by atoms with E-state index < -0.39 is 0 Å². The van der Waals surface area contributed by atoms with Gasteiger partial charge in [0, 0.05) is 48.6 Å². The van der Waals surface area contributed by atoms with E-state index >= 15 is 0 Å². The predicted molar refractivity (Wildman–Crippen MR) is 109 cm³/mol. The van der Waals surface area contributed by atoms with Crippen LogP contribution in [0.4, 0.5) is 5.69 Å². The molecule has 1 N–H and O–H groups in total. The molecule has 0 saturated heterocycles. The van der Waals surface area contributed by atoms with Crippen LogP contribution in [0.5, 0.6) is 0 Å². The molecule has 0 saturated carbocycles. The van der Waals surface area contributed by atoms with Crippen LogP contribution in [-0.2, 0) is 17.6 Å². The summed E-state index contributed by atoms with van der Waals surface area (Å²) in [5, 5.41) is 3.51. The lowest BCUT2D eigenvalue weighted by Crippen LogP contribution is -2.14. The molecule has 27 heavy (non-hydrogen) atoms. The Labute approximate surface area is 158 Å². The van der Waals surface area contributed by atoms with Crippen molar-refractivity contribution >= 4 is 22.8 Å². The van der Waals surface area contributed by atoms with E-state index in [9.17, 15) is 4.79 Å². The number of fused-ring (bicyclic) bond motifs is 2. The molecule has 4 nitrogen and oxygen atoms in total. The van der Waals surface area contributed by atoms with Gasteiger partial charge in [-0.2, -0.15) is 0 Å². The number of nitrogens with one attached hydrogen (secondary N) is 1. The molecule has 0 fully saturated rings. The van der Waals surface area contributed by atoms with Gasteiger partial charge in [0.1, 0.15) is 0 Å². The molecule has 0 unspecified atom stereocenters. The van der Waals surface area contributed by atoms with Crippen LogP contribution in [0.2, 0.25) is 0 Å². The highest BCUT2D eigenvalue weighted by atomic mass is 16.1. The summed E-state index contributed by atoms with van der Waals surface area (Å²) in [7, 11) is 0. The fourth-order valence-electron chi connectivity index (χ4n) is 4.20. The lowest BCUT2D eigenvalue weighted by Gasteiger charge is -2.21. The van der Waals surface area contributed by atoms with Crippen molar-refractivity contribution in [2.24, 2.45) is 4.99 Å². The summed E-state index contributed by atoms with van der Waals surface area (Å²) >= 11 is 0. The highest BCUT2D eigenvalue weighted by molar-refractivity contribution is 6.29. The molecule has 0 bridgehead atoms. The predicted octanol–water partition coefficient (Wildman–Crippen LogP) is 4.28. The van der Waals surface area contributed by atoms with E-state index in [1.807, 2.05) is 18.3 Å². The van der Waals surface area contributed by atoms with E-state index in [2.05, 4.69) is 35.4 Å². The van der Waals surface area contributed by atoms with Crippen molar-refractivity contribution < 1.29 is 4.79 Å². The molecule has 1 aromatic heterocycles. The third-order valence-corrected chi connectivity index (χ3v) is 5.66. The molecule has 0 amide bonds. The number of rotatable bonds is 2. The summed E-state index contributed by atoms with van der Waals surface area (Å²) in [5.41, 5.74) is 9.69. The number of allylic oxidation sites excluding steroid dienone is 3. The Bertz CT molecular complexity index is 1060. The number of ketones is 1. The summed E-state index contributed by atoms with van der Waals surface area (Å²) < 4.78 is 0. The Morgan fingerprint density at radius 3 is 3.00 bits per heavy atom. The average molecular weight is 355 g/mol. The molecule has 134 valence electrons. The lowest BCUT2D eigenvalue weighted by molar-refractivity contribution is -0.112. The zero-order chi connectivity index (χ0) is 18.4. The summed E-state index contributed by atoms with van der Waals surface area (Å²) in [6.45, 7) is 3.16. The number of carbonyl (C=O) groups excluding carboxylic acids is 1.